The Labute approximate surface area is 143 Å². The van der Waals surface area contributed by atoms with Gasteiger partial charge in [-0.15, -0.1) is 0 Å². The topological polar surface area (TPSA) is 66.8 Å². The van der Waals surface area contributed by atoms with Crippen molar-refractivity contribution in [3.05, 3.63) is 34.9 Å². The van der Waals surface area contributed by atoms with Gasteiger partial charge in [-0.3, -0.25) is 9.69 Å². The number of methoxy groups -OCH3 is 1. The average molecular weight is 356 g/mol. The lowest BCUT2D eigenvalue weighted by molar-refractivity contribution is -0.149. The van der Waals surface area contributed by atoms with Crippen LogP contribution in [0.2, 0.25) is 5.02 Å². The number of carbonyl (C=O) groups is 2. The van der Waals surface area contributed by atoms with Gasteiger partial charge in [0.05, 0.1) is 7.11 Å². The highest BCUT2D eigenvalue weighted by Gasteiger charge is 2.51. The summed E-state index contributed by atoms with van der Waals surface area (Å²) in [6.45, 7) is 0.957. The number of ether oxygens (including phenoxy) is 1. The first kappa shape index (κ1) is 16.8. The molecule has 1 aromatic carbocycles. The van der Waals surface area contributed by atoms with Crippen LogP contribution in [0.1, 0.15) is 24.4 Å². The van der Waals surface area contributed by atoms with Crippen LogP contribution in [-0.2, 0) is 14.3 Å². The Hall–Kier alpha value is -1.08. The van der Waals surface area contributed by atoms with Gasteiger partial charge in [-0.2, -0.15) is 0 Å². The summed E-state index contributed by atoms with van der Waals surface area (Å²) in [5, 5.41) is 11.1. The first-order valence-corrected chi connectivity index (χ1v) is 8.64. The predicted octanol–water partition coefficient (Wildman–Crippen LogP) is 2.23. The molecule has 1 aromatic rings. The predicted molar refractivity (Wildman–Crippen MR) is 88.1 cm³/mol. The van der Waals surface area contributed by atoms with Gasteiger partial charge in [0.1, 0.15) is 11.0 Å². The molecule has 1 N–H and O–H groups in total. The van der Waals surface area contributed by atoms with Crippen LogP contribution in [-0.4, -0.2) is 46.2 Å². The fourth-order valence-corrected chi connectivity index (χ4v) is 4.77. The van der Waals surface area contributed by atoms with Gasteiger partial charge in [0, 0.05) is 30.5 Å². The van der Waals surface area contributed by atoms with Gasteiger partial charge in [0.2, 0.25) is 0 Å². The lowest BCUT2D eigenvalue weighted by Crippen LogP contribution is -2.50. The minimum atomic E-state index is -1.01. The molecule has 0 spiro atoms. The van der Waals surface area contributed by atoms with Gasteiger partial charge < -0.3 is 9.84 Å². The van der Waals surface area contributed by atoms with E-state index in [9.17, 15) is 14.7 Å². The summed E-state index contributed by atoms with van der Waals surface area (Å²) >= 11 is 7.29. The van der Waals surface area contributed by atoms with E-state index in [2.05, 4.69) is 0 Å². The zero-order chi connectivity index (χ0) is 16.6. The third-order valence-corrected chi connectivity index (χ3v) is 6.17. The molecular formula is C16H18ClNO4S. The van der Waals surface area contributed by atoms with Crippen LogP contribution < -0.4 is 0 Å². The van der Waals surface area contributed by atoms with E-state index < -0.39 is 11.0 Å². The quantitative estimate of drug-likeness (QED) is 0.839. The second kappa shape index (κ2) is 6.43. The van der Waals surface area contributed by atoms with Crippen LogP contribution in [0.4, 0.5) is 0 Å². The molecule has 2 saturated heterocycles. The van der Waals surface area contributed by atoms with Crippen molar-refractivity contribution in [2.75, 3.05) is 20.2 Å². The number of piperidine rings is 1. The minimum Gasteiger partial charge on any atom is -0.468 e. The third-order valence-electron chi connectivity index (χ3n) is 4.54. The highest BCUT2D eigenvalue weighted by Crippen LogP contribution is 2.48. The number of nitrogens with zero attached hydrogens (tertiary/aromatic N) is 1. The molecule has 0 unspecified atom stereocenters. The molecular weight excluding hydrogens is 338 g/mol. The fraction of sp³-hybridized carbons (Fsp3) is 0.500. The van der Waals surface area contributed by atoms with Gasteiger partial charge in [-0.1, -0.05) is 41.6 Å². The molecule has 0 radical (unpaired) electrons. The molecule has 2 heterocycles. The molecule has 0 aliphatic carbocycles. The Morgan fingerprint density at radius 1 is 1.52 bits per heavy atom. The molecule has 0 saturated carbocycles. The normalized spacial score (nSPS) is 29.2. The number of thioether (sulfide) groups is 1. The van der Waals surface area contributed by atoms with Crippen molar-refractivity contribution >= 4 is 34.4 Å². The van der Waals surface area contributed by atoms with E-state index in [4.69, 9.17) is 16.3 Å². The first-order valence-electron chi connectivity index (χ1n) is 7.45. The van der Waals surface area contributed by atoms with E-state index in [-0.39, 0.29) is 17.0 Å². The van der Waals surface area contributed by atoms with Crippen molar-refractivity contribution in [2.45, 2.75) is 23.8 Å². The van der Waals surface area contributed by atoms with Crippen molar-refractivity contribution in [2.24, 2.45) is 5.92 Å². The molecule has 2 fully saturated rings. The number of aliphatic hydroxyl groups is 1. The Kier molecular flexibility index (Phi) is 4.69. The number of carbonyl (C=O) groups excluding carboxylic acids is 2. The van der Waals surface area contributed by atoms with Crippen molar-refractivity contribution in [3.8, 4) is 0 Å². The summed E-state index contributed by atoms with van der Waals surface area (Å²) < 4.78 is 4.96. The summed E-state index contributed by atoms with van der Waals surface area (Å²) in [5.41, 5.74) is 0.684. The minimum absolute atomic E-state index is 0.00621. The summed E-state index contributed by atoms with van der Waals surface area (Å²) in [7, 11) is 1.35. The van der Waals surface area contributed by atoms with Crippen molar-refractivity contribution in [3.63, 3.8) is 0 Å². The largest absolute Gasteiger partial charge is 0.468 e. The van der Waals surface area contributed by atoms with E-state index >= 15 is 0 Å². The molecule has 0 amide bonds. The number of halogens is 1. The Balaban J connectivity index is 1.89. The number of likely N-dealkylation sites (tertiary alicyclic amines) is 1. The monoisotopic (exact) mass is 355 g/mol. The standard InChI is InChI=1S/C16H18ClNO4S/c1-22-15(20)14(11-4-2-3-5-12(11)17)18-7-6-16(21)10(9-18)8-13(19)23-16/h2-5,10,14,21H,6-9H2,1H3/t10-,14+,16+/m1/s1. The molecule has 5 nitrogen and oxygen atoms in total. The second-order valence-corrected chi connectivity index (χ2v) is 7.69. The summed E-state index contributed by atoms with van der Waals surface area (Å²) in [5.74, 6) is -0.566. The van der Waals surface area contributed by atoms with Crippen LogP contribution in [0.25, 0.3) is 0 Å². The van der Waals surface area contributed by atoms with Crippen molar-refractivity contribution < 1.29 is 19.4 Å². The highest BCUT2D eigenvalue weighted by atomic mass is 35.5. The van der Waals surface area contributed by atoms with E-state index in [1.165, 1.54) is 7.11 Å². The maximum atomic E-state index is 12.3. The van der Waals surface area contributed by atoms with Crippen LogP contribution in [0, 0.1) is 5.92 Å². The fourth-order valence-electron chi connectivity index (χ4n) is 3.34. The number of esters is 1. The molecule has 0 bridgehead atoms. The van der Waals surface area contributed by atoms with E-state index in [1.807, 2.05) is 11.0 Å². The highest BCUT2D eigenvalue weighted by molar-refractivity contribution is 8.15. The first-order chi connectivity index (χ1) is 10.9. The number of rotatable bonds is 3. The molecule has 3 rings (SSSR count). The lowest BCUT2D eigenvalue weighted by atomic mass is 9.90. The molecule has 23 heavy (non-hydrogen) atoms. The smallest absolute Gasteiger partial charge is 0.327 e. The number of hydrogen-bond acceptors (Lipinski definition) is 6. The molecule has 2 aliphatic rings. The molecule has 0 aromatic heterocycles. The van der Waals surface area contributed by atoms with E-state index in [0.29, 0.717) is 36.5 Å². The second-order valence-electron chi connectivity index (χ2n) is 5.91. The van der Waals surface area contributed by atoms with E-state index in [1.54, 1.807) is 18.2 Å². The van der Waals surface area contributed by atoms with Gasteiger partial charge in [0.15, 0.2) is 5.12 Å². The molecule has 2 aliphatic heterocycles. The van der Waals surface area contributed by atoms with Crippen LogP contribution in [0.5, 0.6) is 0 Å². The van der Waals surface area contributed by atoms with Gasteiger partial charge in [0.25, 0.3) is 0 Å². The maximum absolute atomic E-state index is 12.3. The van der Waals surface area contributed by atoms with Crippen LogP contribution in [0.3, 0.4) is 0 Å². The van der Waals surface area contributed by atoms with Gasteiger partial charge in [-0.25, -0.2) is 4.79 Å². The number of benzene rings is 1. The van der Waals surface area contributed by atoms with E-state index in [0.717, 1.165) is 11.8 Å². The summed E-state index contributed by atoms with van der Waals surface area (Å²) in [6.07, 6.45) is 0.764. The van der Waals surface area contributed by atoms with Gasteiger partial charge in [-0.05, 0) is 18.1 Å². The van der Waals surface area contributed by atoms with Crippen molar-refractivity contribution in [1.29, 1.82) is 0 Å². The van der Waals surface area contributed by atoms with Crippen LogP contribution in [0.15, 0.2) is 24.3 Å². The molecule has 124 valence electrons. The zero-order valence-corrected chi connectivity index (χ0v) is 14.3. The average Bonchev–Trinajstić information content (AvgIpc) is 2.82. The number of hydrogen-bond donors (Lipinski definition) is 1. The Bertz CT molecular complexity index is 640. The van der Waals surface area contributed by atoms with Crippen LogP contribution >= 0.6 is 23.4 Å². The molecule has 3 atom stereocenters. The zero-order valence-electron chi connectivity index (χ0n) is 12.7. The van der Waals surface area contributed by atoms with Crippen molar-refractivity contribution in [1.82, 2.24) is 4.90 Å². The summed E-state index contributed by atoms with van der Waals surface area (Å²) in [4.78, 5) is 25.0. The Morgan fingerprint density at radius 2 is 2.26 bits per heavy atom. The molecule has 7 heteroatoms. The lowest BCUT2D eigenvalue weighted by Gasteiger charge is -2.42. The van der Waals surface area contributed by atoms with Gasteiger partial charge >= 0.3 is 5.97 Å². The number of fused-ring (bicyclic) bond motifs is 1. The summed E-state index contributed by atoms with van der Waals surface area (Å²) in [6, 6.07) is 6.55. The third kappa shape index (κ3) is 3.13. The SMILES string of the molecule is COC(=O)[C@H](c1ccccc1Cl)N1CC[C@]2(O)SC(=O)C[C@@H]2C1. The maximum Gasteiger partial charge on any atom is 0.327 e. The Morgan fingerprint density at radius 3 is 2.96 bits per heavy atom.